The van der Waals surface area contributed by atoms with Crippen LogP contribution in [0.1, 0.15) is 42.4 Å². The van der Waals surface area contributed by atoms with E-state index < -0.39 is 18.1 Å². The average molecular weight is 623 g/mol. The zero-order chi connectivity index (χ0) is 32.4. The van der Waals surface area contributed by atoms with E-state index in [1.807, 2.05) is 23.1 Å². The number of nitrogens with one attached hydrogen (secondary N) is 1. The average Bonchev–Trinajstić information content (AvgIpc) is 3.03. The van der Waals surface area contributed by atoms with E-state index in [0.717, 1.165) is 16.0 Å². The van der Waals surface area contributed by atoms with Crippen LogP contribution in [-0.2, 0) is 25.7 Å². The van der Waals surface area contributed by atoms with Crippen LogP contribution in [0.2, 0.25) is 0 Å². The van der Waals surface area contributed by atoms with Gasteiger partial charge < -0.3 is 24.6 Å². The van der Waals surface area contributed by atoms with Gasteiger partial charge in [-0.3, -0.25) is 9.59 Å². The summed E-state index contributed by atoms with van der Waals surface area (Å²) in [5, 5.41) is 12.3. The highest BCUT2D eigenvalue weighted by molar-refractivity contribution is 5.94. The third-order valence-electron chi connectivity index (χ3n) is 7.30. The SMILES string of the molecule is CCOC(=O)COc1cccc(CN(CC(=O)Nc2ccc(C3CCN(C(=O)C(F)(F)F)CC3)cc2)c2cccc(C#N)c2)c1. The molecule has 0 bridgehead atoms. The molecule has 236 valence electrons. The Labute approximate surface area is 259 Å². The lowest BCUT2D eigenvalue weighted by molar-refractivity contribution is -0.186. The minimum atomic E-state index is -4.87. The Kier molecular flexibility index (Phi) is 11.0. The number of benzene rings is 3. The highest BCUT2D eigenvalue weighted by Gasteiger charge is 2.43. The van der Waals surface area contributed by atoms with Crippen molar-refractivity contribution in [3.63, 3.8) is 0 Å². The van der Waals surface area contributed by atoms with E-state index in [2.05, 4.69) is 11.4 Å². The smallest absolute Gasteiger partial charge is 0.471 e. The fourth-order valence-electron chi connectivity index (χ4n) is 5.12. The van der Waals surface area contributed by atoms with Gasteiger partial charge in [0.15, 0.2) is 6.61 Å². The zero-order valence-electron chi connectivity index (χ0n) is 24.7. The van der Waals surface area contributed by atoms with Gasteiger partial charge in [0.25, 0.3) is 0 Å². The highest BCUT2D eigenvalue weighted by atomic mass is 19.4. The molecule has 4 rings (SSSR count). The van der Waals surface area contributed by atoms with Crippen molar-refractivity contribution in [2.24, 2.45) is 0 Å². The summed E-state index contributed by atoms with van der Waals surface area (Å²) < 4.78 is 48.7. The Morgan fingerprint density at radius 2 is 1.73 bits per heavy atom. The van der Waals surface area contributed by atoms with Gasteiger partial charge in [0.1, 0.15) is 5.75 Å². The standard InChI is InChI=1S/C33H33F3N4O5/c1-2-44-31(42)22-45-29-8-4-6-24(18-29)20-40(28-7-3-5-23(17-28)19-37)21-30(41)38-27-11-9-25(10-12-27)26-13-15-39(16-14-26)32(43)33(34,35)36/h3-12,17-18,26H,2,13-16,20-22H2,1H3,(H,38,41). The summed E-state index contributed by atoms with van der Waals surface area (Å²) in [6.07, 6.45) is -4.04. The summed E-state index contributed by atoms with van der Waals surface area (Å²) in [6, 6.07) is 23.3. The number of likely N-dealkylation sites (tertiary alicyclic amines) is 1. The van der Waals surface area contributed by atoms with Crippen LogP contribution in [0, 0.1) is 11.3 Å². The first-order chi connectivity index (χ1) is 21.5. The van der Waals surface area contributed by atoms with Crippen LogP contribution in [0.4, 0.5) is 24.5 Å². The molecule has 12 heteroatoms. The summed E-state index contributed by atoms with van der Waals surface area (Å²) in [4.78, 5) is 39.0. The molecule has 3 aromatic rings. The molecule has 0 radical (unpaired) electrons. The fourth-order valence-corrected chi connectivity index (χ4v) is 5.12. The van der Waals surface area contributed by atoms with E-state index >= 15 is 0 Å². The first-order valence-corrected chi connectivity index (χ1v) is 14.4. The topological polar surface area (TPSA) is 112 Å². The van der Waals surface area contributed by atoms with E-state index in [1.54, 1.807) is 61.5 Å². The molecule has 0 spiro atoms. The monoisotopic (exact) mass is 622 g/mol. The van der Waals surface area contributed by atoms with Crippen molar-refractivity contribution in [1.82, 2.24) is 4.90 Å². The van der Waals surface area contributed by atoms with Crippen LogP contribution in [0.5, 0.6) is 5.75 Å². The molecule has 2 amide bonds. The maximum absolute atomic E-state index is 13.2. The number of carbonyl (C=O) groups is 3. The molecule has 1 saturated heterocycles. The van der Waals surface area contributed by atoms with Crippen molar-refractivity contribution in [1.29, 1.82) is 5.26 Å². The first kappa shape index (κ1) is 32.9. The van der Waals surface area contributed by atoms with Crippen LogP contribution in [0.15, 0.2) is 72.8 Å². The molecular weight excluding hydrogens is 589 g/mol. The van der Waals surface area contributed by atoms with Gasteiger partial charge in [0.05, 0.1) is 24.8 Å². The Bertz CT molecular complexity index is 1530. The van der Waals surface area contributed by atoms with Gasteiger partial charge in [-0.2, -0.15) is 18.4 Å². The summed E-state index contributed by atoms with van der Waals surface area (Å²) in [6.45, 7) is 2.05. The molecule has 45 heavy (non-hydrogen) atoms. The first-order valence-electron chi connectivity index (χ1n) is 14.4. The minimum absolute atomic E-state index is 0.00646. The lowest BCUT2D eigenvalue weighted by atomic mass is 9.89. The molecule has 1 aliphatic rings. The van der Waals surface area contributed by atoms with Crippen molar-refractivity contribution in [2.75, 3.05) is 43.1 Å². The highest BCUT2D eigenvalue weighted by Crippen LogP contribution is 2.31. The molecule has 0 unspecified atom stereocenters. The number of hydrogen-bond acceptors (Lipinski definition) is 7. The van der Waals surface area contributed by atoms with Crippen LogP contribution in [-0.4, -0.2) is 61.7 Å². The van der Waals surface area contributed by atoms with E-state index in [1.165, 1.54) is 0 Å². The lowest BCUT2D eigenvalue weighted by Crippen LogP contribution is -2.45. The van der Waals surface area contributed by atoms with Crippen LogP contribution in [0.25, 0.3) is 0 Å². The maximum atomic E-state index is 13.2. The molecular formula is C33H33F3N4O5. The number of nitriles is 1. The molecule has 1 N–H and O–H groups in total. The third-order valence-corrected chi connectivity index (χ3v) is 7.30. The number of esters is 1. The van der Waals surface area contributed by atoms with E-state index in [0.29, 0.717) is 42.1 Å². The molecule has 0 saturated carbocycles. The van der Waals surface area contributed by atoms with Crippen molar-refractivity contribution in [3.05, 3.63) is 89.5 Å². The second-order valence-electron chi connectivity index (χ2n) is 10.5. The number of ether oxygens (including phenoxy) is 2. The molecule has 1 fully saturated rings. The number of rotatable bonds is 11. The Balaban J connectivity index is 1.40. The quantitative estimate of drug-likeness (QED) is 0.285. The van der Waals surface area contributed by atoms with Gasteiger partial charge in [0, 0.05) is 31.0 Å². The number of hydrogen-bond donors (Lipinski definition) is 1. The maximum Gasteiger partial charge on any atom is 0.471 e. The molecule has 0 aliphatic carbocycles. The van der Waals surface area contributed by atoms with Crippen molar-refractivity contribution >= 4 is 29.2 Å². The van der Waals surface area contributed by atoms with E-state index in [9.17, 15) is 32.8 Å². The van der Waals surface area contributed by atoms with Crippen LogP contribution >= 0.6 is 0 Å². The fraction of sp³-hybridized carbons (Fsp3) is 0.333. The van der Waals surface area contributed by atoms with Crippen molar-refractivity contribution in [3.8, 4) is 11.8 Å². The molecule has 3 aromatic carbocycles. The van der Waals surface area contributed by atoms with Gasteiger partial charge in [-0.25, -0.2) is 4.79 Å². The van der Waals surface area contributed by atoms with Gasteiger partial charge in [-0.1, -0.05) is 30.3 Å². The third kappa shape index (κ3) is 9.47. The van der Waals surface area contributed by atoms with Gasteiger partial charge >= 0.3 is 18.1 Å². The van der Waals surface area contributed by atoms with Crippen LogP contribution < -0.4 is 15.0 Å². The van der Waals surface area contributed by atoms with Crippen molar-refractivity contribution in [2.45, 2.75) is 38.4 Å². The van der Waals surface area contributed by atoms with Gasteiger partial charge in [-0.05, 0) is 79.3 Å². The van der Waals surface area contributed by atoms with Gasteiger partial charge in [-0.15, -0.1) is 0 Å². The van der Waals surface area contributed by atoms with E-state index in [-0.39, 0.29) is 44.7 Å². The lowest BCUT2D eigenvalue weighted by Gasteiger charge is -2.32. The number of anilines is 2. The number of amides is 2. The molecule has 1 heterocycles. The summed E-state index contributed by atoms with van der Waals surface area (Å²) in [7, 11) is 0. The predicted octanol–water partition coefficient (Wildman–Crippen LogP) is 5.41. The summed E-state index contributed by atoms with van der Waals surface area (Å²) in [5.41, 5.74) is 3.38. The Morgan fingerprint density at radius 1 is 1.02 bits per heavy atom. The minimum Gasteiger partial charge on any atom is -0.482 e. The second kappa shape index (κ2) is 15.1. The molecule has 0 atom stereocenters. The molecule has 9 nitrogen and oxygen atoms in total. The number of halogens is 3. The number of nitrogens with zero attached hydrogens (tertiary/aromatic N) is 3. The number of carbonyl (C=O) groups excluding carboxylic acids is 3. The van der Waals surface area contributed by atoms with Crippen LogP contribution in [0.3, 0.4) is 0 Å². The molecule has 1 aliphatic heterocycles. The predicted molar refractivity (Wildman–Crippen MR) is 160 cm³/mol. The second-order valence-corrected chi connectivity index (χ2v) is 10.5. The number of alkyl halides is 3. The molecule has 0 aromatic heterocycles. The van der Waals surface area contributed by atoms with Crippen molar-refractivity contribution < 1.29 is 37.0 Å². The zero-order valence-corrected chi connectivity index (χ0v) is 24.7. The normalized spacial score (nSPS) is 13.4. The Morgan fingerprint density at radius 3 is 2.40 bits per heavy atom. The van der Waals surface area contributed by atoms with E-state index in [4.69, 9.17) is 9.47 Å². The number of piperidine rings is 1. The Hall–Kier alpha value is -5.05. The largest absolute Gasteiger partial charge is 0.482 e. The van der Waals surface area contributed by atoms with Gasteiger partial charge in [0.2, 0.25) is 5.91 Å². The summed E-state index contributed by atoms with van der Waals surface area (Å²) in [5.74, 6) is -2.12. The summed E-state index contributed by atoms with van der Waals surface area (Å²) >= 11 is 0.